The topological polar surface area (TPSA) is 51.9 Å². The van der Waals surface area contributed by atoms with Crippen LogP contribution in [0.2, 0.25) is 0 Å². The molecule has 3 rings (SSSR count). The molecule has 0 aliphatic rings. The molecule has 0 atom stereocenters. The van der Waals surface area contributed by atoms with E-state index in [4.69, 9.17) is 0 Å². The van der Waals surface area contributed by atoms with Gasteiger partial charge in [0.1, 0.15) is 11.4 Å². The second-order valence-corrected chi connectivity index (χ2v) is 5.37. The molecule has 5 nitrogen and oxygen atoms in total. The fraction of sp³-hybridized carbons (Fsp3) is 0.176. The highest BCUT2D eigenvalue weighted by Gasteiger charge is 2.17. The van der Waals surface area contributed by atoms with Crippen molar-refractivity contribution in [3.8, 4) is 5.82 Å². The number of carbonyl (C=O) groups excluding carboxylic acids is 1. The molecule has 3 aromatic rings. The second kappa shape index (κ2) is 5.52. The zero-order valence-corrected chi connectivity index (χ0v) is 12.9. The third-order valence-corrected chi connectivity index (χ3v) is 3.63. The Morgan fingerprint density at radius 1 is 1.18 bits per heavy atom. The smallest absolute Gasteiger partial charge is 0.261 e. The number of nitrogens with one attached hydrogen (secondary N) is 1. The Morgan fingerprint density at radius 2 is 1.91 bits per heavy atom. The van der Waals surface area contributed by atoms with Gasteiger partial charge in [-0.25, -0.2) is 0 Å². The first-order valence-corrected chi connectivity index (χ1v) is 7.10. The average Bonchev–Trinajstić information content (AvgIpc) is 3.10. The van der Waals surface area contributed by atoms with E-state index in [1.165, 1.54) is 5.56 Å². The van der Waals surface area contributed by atoms with Crippen molar-refractivity contribution in [2.75, 3.05) is 5.32 Å². The number of rotatable bonds is 3. The predicted molar refractivity (Wildman–Crippen MR) is 86.4 cm³/mol. The molecule has 0 bridgehead atoms. The minimum atomic E-state index is -0.163. The Hall–Kier alpha value is -2.82. The molecule has 5 heteroatoms. The molecule has 112 valence electrons. The number of anilines is 1. The molecule has 0 saturated carbocycles. The van der Waals surface area contributed by atoms with Crippen molar-refractivity contribution in [3.63, 3.8) is 0 Å². The summed E-state index contributed by atoms with van der Waals surface area (Å²) in [6.07, 6.45) is 5.38. The van der Waals surface area contributed by atoms with Crippen LogP contribution in [-0.2, 0) is 7.05 Å². The standard InChI is InChI=1S/C17H18N4O/c1-12-6-7-15(13(2)10-12)19-16(22)14-11-18-20(3)17(14)21-8-4-5-9-21/h4-11H,1-3H3,(H,19,22). The van der Waals surface area contributed by atoms with E-state index >= 15 is 0 Å². The molecule has 1 N–H and O–H groups in total. The monoisotopic (exact) mass is 294 g/mol. The summed E-state index contributed by atoms with van der Waals surface area (Å²) in [6.45, 7) is 4.02. The van der Waals surface area contributed by atoms with E-state index in [2.05, 4.69) is 10.4 Å². The highest BCUT2D eigenvalue weighted by atomic mass is 16.1. The van der Waals surface area contributed by atoms with Crippen molar-refractivity contribution in [2.45, 2.75) is 13.8 Å². The van der Waals surface area contributed by atoms with Crippen molar-refractivity contribution < 1.29 is 4.79 Å². The maximum atomic E-state index is 12.6. The van der Waals surface area contributed by atoms with Crippen molar-refractivity contribution in [2.24, 2.45) is 7.05 Å². The van der Waals surface area contributed by atoms with E-state index in [0.29, 0.717) is 5.56 Å². The first-order chi connectivity index (χ1) is 10.6. The molecule has 0 aliphatic heterocycles. The highest BCUT2D eigenvalue weighted by Crippen LogP contribution is 2.19. The fourth-order valence-corrected chi connectivity index (χ4v) is 2.52. The number of hydrogen-bond acceptors (Lipinski definition) is 2. The summed E-state index contributed by atoms with van der Waals surface area (Å²) in [5.74, 6) is 0.580. The molecule has 0 fully saturated rings. The number of nitrogens with zero attached hydrogens (tertiary/aromatic N) is 3. The van der Waals surface area contributed by atoms with E-state index in [1.54, 1.807) is 10.9 Å². The molecule has 0 saturated heterocycles. The molecule has 22 heavy (non-hydrogen) atoms. The van der Waals surface area contributed by atoms with Gasteiger partial charge in [-0.2, -0.15) is 5.10 Å². The van der Waals surface area contributed by atoms with Gasteiger partial charge < -0.3 is 9.88 Å². The van der Waals surface area contributed by atoms with Crippen LogP contribution in [0.5, 0.6) is 0 Å². The van der Waals surface area contributed by atoms with Crippen LogP contribution in [0.25, 0.3) is 5.82 Å². The number of aryl methyl sites for hydroxylation is 3. The minimum absolute atomic E-state index is 0.163. The molecule has 0 unspecified atom stereocenters. The Bertz CT molecular complexity index is 815. The molecule has 1 aromatic carbocycles. The maximum Gasteiger partial charge on any atom is 0.261 e. The van der Waals surface area contributed by atoms with Gasteiger partial charge in [0.2, 0.25) is 0 Å². The third-order valence-electron chi connectivity index (χ3n) is 3.63. The summed E-state index contributed by atoms with van der Waals surface area (Å²) in [7, 11) is 1.82. The average molecular weight is 294 g/mol. The van der Waals surface area contributed by atoms with Gasteiger partial charge in [0.15, 0.2) is 0 Å². The normalized spacial score (nSPS) is 10.7. The lowest BCUT2D eigenvalue weighted by molar-refractivity contribution is 0.102. The number of aromatic nitrogens is 3. The van der Waals surface area contributed by atoms with Crippen molar-refractivity contribution >= 4 is 11.6 Å². The number of hydrogen-bond donors (Lipinski definition) is 1. The molecule has 2 aromatic heterocycles. The first-order valence-electron chi connectivity index (χ1n) is 7.10. The van der Waals surface area contributed by atoms with Gasteiger partial charge in [0.05, 0.1) is 6.20 Å². The number of benzene rings is 1. The number of amides is 1. The van der Waals surface area contributed by atoms with Gasteiger partial charge in [-0.15, -0.1) is 0 Å². The van der Waals surface area contributed by atoms with Crippen LogP contribution in [-0.4, -0.2) is 20.3 Å². The second-order valence-electron chi connectivity index (χ2n) is 5.37. The quantitative estimate of drug-likeness (QED) is 0.807. The summed E-state index contributed by atoms with van der Waals surface area (Å²) in [5, 5.41) is 7.17. The Kier molecular flexibility index (Phi) is 3.55. The van der Waals surface area contributed by atoms with Gasteiger partial charge >= 0.3 is 0 Å². The fourth-order valence-electron chi connectivity index (χ4n) is 2.52. The SMILES string of the molecule is Cc1ccc(NC(=O)c2cnn(C)c2-n2cccc2)c(C)c1. The van der Waals surface area contributed by atoms with Crippen LogP contribution in [0.1, 0.15) is 21.5 Å². The first kappa shape index (κ1) is 14.1. The lowest BCUT2D eigenvalue weighted by atomic mass is 10.1. The van der Waals surface area contributed by atoms with Crippen LogP contribution >= 0.6 is 0 Å². The largest absolute Gasteiger partial charge is 0.322 e. The summed E-state index contributed by atoms with van der Waals surface area (Å²) >= 11 is 0. The Morgan fingerprint density at radius 3 is 2.59 bits per heavy atom. The molecule has 0 aliphatic carbocycles. The van der Waals surface area contributed by atoms with E-state index in [9.17, 15) is 4.79 Å². The van der Waals surface area contributed by atoms with Gasteiger partial charge in [-0.3, -0.25) is 9.48 Å². The molecule has 1 amide bonds. The molecule has 0 radical (unpaired) electrons. The zero-order valence-electron chi connectivity index (χ0n) is 12.9. The lowest BCUT2D eigenvalue weighted by Gasteiger charge is -2.10. The van der Waals surface area contributed by atoms with Crippen LogP contribution in [0.15, 0.2) is 48.9 Å². The van der Waals surface area contributed by atoms with Gasteiger partial charge in [0, 0.05) is 25.1 Å². The van der Waals surface area contributed by atoms with Crippen molar-refractivity contribution in [1.82, 2.24) is 14.3 Å². The highest BCUT2D eigenvalue weighted by molar-refractivity contribution is 6.06. The van der Waals surface area contributed by atoms with Gasteiger partial charge in [-0.05, 0) is 37.6 Å². The van der Waals surface area contributed by atoms with E-state index < -0.39 is 0 Å². The van der Waals surface area contributed by atoms with E-state index in [1.807, 2.05) is 68.2 Å². The summed E-state index contributed by atoms with van der Waals surface area (Å²) in [5.41, 5.74) is 3.57. The lowest BCUT2D eigenvalue weighted by Crippen LogP contribution is -2.15. The van der Waals surface area contributed by atoms with Crippen LogP contribution in [0.3, 0.4) is 0 Å². The van der Waals surface area contributed by atoms with E-state index in [0.717, 1.165) is 17.1 Å². The molecular weight excluding hydrogens is 276 g/mol. The zero-order chi connectivity index (χ0) is 15.7. The predicted octanol–water partition coefficient (Wildman–Crippen LogP) is 3.08. The Labute approximate surface area is 129 Å². The van der Waals surface area contributed by atoms with Crippen LogP contribution in [0.4, 0.5) is 5.69 Å². The molecule has 0 spiro atoms. The van der Waals surface area contributed by atoms with E-state index in [-0.39, 0.29) is 5.91 Å². The molecular formula is C17H18N4O. The molecule has 2 heterocycles. The summed E-state index contributed by atoms with van der Waals surface area (Å²) in [4.78, 5) is 12.6. The maximum absolute atomic E-state index is 12.6. The minimum Gasteiger partial charge on any atom is -0.322 e. The summed E-state index contributed by atoms with van der Waals surface area (Å²) in [6, 6.07) is 9.79. The van der Waals surface area contributed by atoms with Crippen LogP contribution in [0, 0.1) is 13.8 Å². The van der Waals surface area contributed by atoms with Crippen molar-refractivity contribution in [3.05, 3.63) is 65.6 Å². The number of carbonyl (C=O) groups is 1. The van der Waals surface area contributed by atoms with Gasteiger partial charge in [-0.1, -0.05) is 17.7 Å². The van der Waals surface area contributed by atoms with Crippen molar-refractivity contribution in [1.29, 1.82) is 0 Å². The summed E-state index contributed by atoms with van der Waals surface area (Å²) < 4.78 is 3.57. The third kappa shape index (κ3) is 2.53. The Balaban J connectivity index is 1.93. The van der Waals surface area contributed by atoms with Gasteiger partial charge in [0.25, 0.3) is 5.91 Å². The van der Waals surface area contributed by atoms with Crippen LogP contribution < -0.4 is 5.32 Å².